The average Bonchev–Trinajstić information content (AvgIpc) is 2.36. The van der Waals surface area contributed by atoms with E-state index in [0.717, 1.165) is 0 Å². The van der Waals surface area contributed by atoms with E-state index < -0.39 is 18.5 Å². The molecule has 5 N–H and O–H groups in total. The fourth-order valence-electron chi connectivity index (χ4n) is 1.50. The molecule has 0 aromatic carbocycles. The number of aliphatic hydroxyl groups excluding tert-OH is 5. The summed E-state index contributed by atoms with van der Waals surface area (Å²) in [6, 6.07) is 0. The maximum Gasteiger partial charge on any atom is 0.180 e. The molecule has 0 bridgehead atoms. The van der Waals surface area contributed by atoms with Gasteiger partial charge in [-0.1, -0.05) is 0 Å². The van der Waals surface area contributed by atoms with Gasteiger partial charge in [0.15, 0.2) is 6.29 Å². The van der Waals surface area contributed by atoms with Gasteiger partial charge in [-0.25, -0.2) is 0 Å². The second-order valence-corrected chi connectivity index (χ2v) is 4.38. The molecule has 0 heterocycles. The third-order valence-electron chi connectivity index (χ3n) is 2.64. The molecule has 0 aliphatic rings. The van der Waals surface area contributed by atoms with Gasteiger partial charge < -0.3 is 30.3 Å². The first kappa shape index (κ1) is 17.8. The summed E-state index contributed by atoms with van der Waals surface area (Å²) in [6.45, 7) is 0.122. The molecule has 0 radical (unpaired) electrons. The third kappa shape index (κ3) is 9.76. The number of ether oxygens (including phenoxy) is 1. The van der Waals surface area contributed by atoms with Crippen LogP contribution < -0.4 is 0 Å². The minimum absolute atomic E-state index is 0.0380. The zero-order valence-corrected chi connectivity index (χ0v) is 10.7. The second kappa shape index (κ2) is 11.8. The van der Waals surface area contributed by atoms with E-state index in [0.29, 0.717) is 38.5 Å². The normalized spacial score (nSPS) is 16.5. The largest absolute Gasteiger partial charge is 0.396 e. The van der Waals surface area contributed by atoms with Crippen molar-refractivity contribution < 1.29 is 30.3 Å². The Labute approximate surface area is 108 Å². The molecule has 0 saturated carbocycles. The molecule has 0 fully saturated rings. The van der Waals surface area contributed by atoms with E-state index in [2.05, 4.69) is 0 Å². The van der Waals surface area contributed by atoms with Crippen LogP contribution in [0.25, 0.3) is 0 Å². The fraction of sp³-hybridized carbons (Fsp3) is 1.00. The quantitative estimate of drug-likeness (QED) is 0.238. The monoisotopic (exact) mass is 266 g/mol. The predicted molar refractivity (Wildman–Crippen MR) is 65.8 cm³/mol. The molecule has 0 aromatic heterocycles. The molecule has 0 rings (SSSR count). The van der Waals surface area contributed by atoms with Crippen LogP contribution in [0, 0.1) is 0 Å². The van der Waals surface area contributed by atoms with Crippen molar-refractivity contribution in [1.29, 1.82) is 0 Å². The first-order valence-electron chi connectivity index (χ1n) is 6.49. The topological polar surface area (TPSA) is 110 Å². The van der Waals surface area contributed by atoms with Gasteiger partial charge in [-0.2, -0.15) is 0 Å². The average molecular weight is 266 g/mol. The predicted octanol–water partition coefficient (Wildman–Crippen LogP) is -0.632. The van der Waals surface area contributed by atoms with Gasteiger partial charge in [0, 0.05) is 13.2 Å². The lowest BCUT2D eigenvalue weighted by molar-refractivity contribution is -0.176. The number of unbranched alkanes of at least 4 members (excludes halogenated alkanes) is 2. The standard InChI is InChI=1S/C12H26O6/c13-7-3-1-5-10(15)9-18-12(17)11(16)6-2-4-8-14/h10-17H,1-9H2. The van der Waals surface area contributed by atoms with Crippen molar-refractivity contribution in [2.75, 3.05) is 19.8 Å². The molecule has 18 heavy (non-hydrogen) atoms. The van der Waals surface area contributed by atoms with Crippen molar-refractivity contribution in [3.8, 4) is 0 Å². The van der Waals surface area contributed by atoms with E-state index in [1.165, 1.54) is 0 Å². The molecule has 0 saturated heterocycles. The molecule has 3 atom stereocenters. The number of hydrogen-bond donors (Lipinski definition) is 5. The van der Waals surface area contributed by atoms with Crippen molar-refractivity contribution in [2.45, 2.75) is 57.0 Å². The highest BCUT2D eigenvalue weighted by molar-refractivity contribution is 4.61. The number of aliphatic hydroxyl groups is 5. The maximum atomic E-state index is 9.50. The Morgan fingerprint density at radius 2 is 1.33 bits per heavy atom. The van der Waals surface area contributed by atoms with Crippen LogP contribution in [0.15, 0.2) is 0 Å². The smallest absolute Gasteiger partial charge is 0.180 e. The van der Waals surface area contributed by atoms with E-state index in [9.17, 15) is 15.3 Å². The van der Waals surface area contributed by atoms with Crippen LogP contribution in [0.5, 0.6) is 0 Å². The first-order valence-corrected chi connectivity index (χ1v) is 6.49. The van der Waals surface area contributed by atoms with Crippen molar-refractivity contribution in [3.63, 3.8) is 0 Å². The fourth-order valence-corrected chi connectivity index (χ4v) is 1.50. The Morgan fingerprint density at radius 3 is 1.89 bits per heavy atom. The van der Waals surface area contributed by atoms with E-state index in [1.54, 1.807) is 0 Å². The molecule has 0 aromatic rings. The molecule has 110 valence electrons. The number of hydrogen-bond acceptors (Lipinski definition) is 6. The highest BCUT2D eigenvalue weighted by atomic mass is 16.6. The van der Waals surface area contributed by atoms with Gasteiger partial charge in [0.1, 0.15) is 6.10 Å². The van der Waals surface area contributed by atoms with E-state index in [-0.39, 0.29) is 19.8 Å². The van der Waals surface area contributed by atoms with Crippen LogP contribution in [-0.4, -0.2) is 63.9 Å². The molecule has 3 unspecified atom stereocenters. The van der Waals surface area contributed by atoms with Crippen LogP contribution in [0.4, 0.5) is 0 Å². The molecule has 0 spiro atoms. The summed E-state index contributed by atoms with van der Waals surface area (Å²) in [7, 11) is 0. The summed E-state index contributed by atoms with van der Waals surface area (Å²) in [5, 5.41) is 45.6. The molecule has 0 amide bonds. The van der Waals surface area contributed by atoms with Gasteiger partial charge in [0.05, 0.1) is 12.7 Å². The van der Waals surface area contributed by atoms with Crippen LogP contribution in [-0.2, 0) is 4.74 Å². The summed E-state index contributed by atoms with van der Waals surface area (Å²) >= 11 is 0. The van der Waals surface area contributed by atoms with Crippen LogP contribution >= 0.6 is 0 Å². The van der Waals surface area contributed by atoms with E-state index in [4.69, 9.17) is 14.9 Å². The van der Waals surface area contributed by atoms with Gasteiger partial charge in [-0.15, -0.1) is 0 Å². The highest BCUT2D eigenvalue weighted by Crippen LogP contribution is 2.08. The highest BCUT2D eigenvalue weighted by Gasteiger charge is 2.17. The molecule has 6 heteroatoms. The van der Waals surface area contributed by atoms with Crippen LogP contribution in [0.3, 0.4) is 0 Å². The zero-order chi connectivity index (χ0) is 13.8. The van der Waals surface area contributed by atoms with Crippen LogP contribution in [0.1, 0.15) is 38.5 Å². The Bertz CT molecular complexity index is 178. The molecule has 0 aliphatic heterocycles. The van der Waals surface area contributed by atoms with E-state index >= 15 is 0 Å². The summed E-state index contributed by atoms with van der Waals surface area (Å²) < 4.78 is 4.96. The molecular formula is C12H26O6. The maximum absolute atomic E-state index is 9.50. The third-order valence-corrected chi connectivity index (χ3v) is 2.64. The van der Waals surface area contributed by atoms with Crippen molar-refractivity contribution in [3.05, 3.63) is 0 Å². The summed E-state index contributed by atoms with van der Waals surface area (Å²) in [4.78, 5) is 0. The minimum Gasteiger partial charge on any atom is -0.396 e. The summed E-state index contributed by atoms with van der Waals surface area (Å²) in [5.74, 6) is 0. The Balaban J connectivity index is 3.57. The Hall–Kier alpha value is -0.240. The number of rotatable bonds is 12. The van der Waals surface area contributed by atoms with E-state index in [1.807, 2.05) is 0 Å². The SMILES string of the molecule is OCCCCC(O)COC(O)C(O)CCCCO. The Morgan fingerprint density at radius 1 is 0.778 bits per heavy atom. The zero-order valence-electron chi connectivity index (χ0n) is 10.7. The van der Waals surface area contributed by atoms with Crippen LogP contribution in [0.2, 0.25) is 0 Å². The van der Waals surface area contributed by atoms with Gasteiger partial charge in [0.2, 0.25) is 0 Å². The molecule has 0 aliphatic carbocycles. The van der Waals surface area contributed by atoms with Crippen molar-refractivity contribution in [2.24, 2.45) is 0 Å². The van der Waals surface area contributed by atoms with Gasteiger partial charge in [-0.3, -0.25) is 0 Å². The van der Waals surface area contributed by atoms with Crippen molar-refractivity contribution >= 4 is 0 Å². The first-order chi connectivity index (χ1) is 8.61. The molecular weight excluding hydrogens is 240 g/mol. The Kier molecular flexibility index (Phi) is 11.7. The van der Waals surface area contributed by atoms with Gasteiger partial charge in [-0.05, 0) is 38.5 Å². The minimum atomic E-state index is -1.31. The summed E-state index contributed by atoms with van der Waals surface area (Å²) in [5.41, 5.74) is 0. The lowest BCUT2D eigenvalue weighted by atomic mass is 10.1. The van der Waals surface area contributed by atoms with Crippen molar-refractivity contribution in [1.82, 2.24) is 0 Å². The van der Waals surface area contributed by atoms with Gasteiger partial charge in [0.25, 0.3) is 0 Å². The van der Waals surface area contributed by atoms with Gasteiger partial charge >= 0.3 is 0 Å². The molecule has 6 nitrogen and oxygen atoms in total. The second-order valence-electron chi connectivity index (χ2n) is 4.38. The lowest BCUT2D eigenvalue weighted by Gasteiger charge is -2.20. The lowest BCUT2D eigenvalue weighted by Crippen LogP contribution is -2.31. The summed E-state index contributed by atoms with van der Waals surface area (Å²) in [6.07, 6.45) is 0.341.